The molecule has 0 radical (unpaired) electrons. The van der Waals surface area contributed by atoms with E-state index in [9.17, 15) is 4.79 Å². The van der Waals surface area contributed by atoms with Gasteiger partial charge in [0.25, 0.3) is 0 Å². The second kappa shape index (κ2) is 5.38. The molecule has 0 bridgehead atoms. The van der Waals surface area contributed by atoms with E-state index >= 15 is 0 Å². The summed E-state index contributed by atoms with van der Waals surface area (Å²) in [5.74, 6) is -0.122. The molecule has 0 amide bonds. The van der Waals surface area contributed by atoms with Crippen LogP contribution in [0, 0.1) is 5.41 Å². The number of piperidine rings is 1. The van der Waals surface area contributed by atoms with Crippen LogP contribution in [0.3, 0.4) is 0 Å². The average Bonchev–Trinajstić information content (AvgIpc) is 2.99. The van der Waals surface area contributed by atoms with Crippen LogP contribution in [0.1, 0.15) is 39.0 Å². The van der Waals surface area contributed by atoms with Gasteiger partial charge >= 0.3 is 5.97 Å². The van der Waals surface area contributed by atoms with E-state index in [1.54, 1.807) is 0 Å². The van der Waals surface area contributed by atoms with Gasteiger partial charge in [0, 0.05) is 18.1 Å². The van der Waals surface area contributed by atoms with E-state index in [4.69, 9.17) is 14.2 Å². The quantitative estimate of drug-likeness (QED) is 0.760. The fraction of sp³-hybridized carbons (Fsp3) is 0.929. The zero-order valence-electron chi connectivity index (χ0n) is 11.5. The molecule has 2 unspecified atom stereocenters. The Morgan fingerprint density at radius 3 is 3.05 bits per heavy atom. The highest BCUT2D eigenvalue weighted by Crippen LogP contribution is 2.55. The van der Waals surface area contributed by atoms with Gasteiger partial charge < -0.3 is 19.5 Å². The predicted octanol–water partition coefficient (Wildman–Crippen LogP) is 1.21. The SMILES string of the molecule is CCOC(=O)[C@@H]1CC2(COC3CCCCO3)C[C@H]2N1. The van der Waals surface area contributed by atoms with Crippen molar-refractivity contribution in [3.63, 3.8) is 0 Å². The number of rotatable bonds is 5. The number of hydrogen-bond acceptors (Lipinski definition) is 5. The summed E-state index contributed by atoms with van der Waals surface area (Å²) in [6.07, 6.45) is 5.23. The number of carbonyl (C=O) groups is 1. The largest absolute Gasteiger partial charge is 0.465 e. The minimum atomic E-state index is -0.144. The van der Waals surface area contributed by atoms with Crippen LogP contribution in [0.2, 0.25) is 0 Å². The van der Waals surface area contributed by atoms with Gasteiger partial charge in [-0.15, -0.1) is 0 Å². The molecule has 3 rings (SSSR count). The summed E-state index contributed by atoms with van der Waals surface area (Å²) >= 11 is 0. The van der Waals surface area contributed by atoms with E-state index in [1.807, 2.05) is 6.92 Å². The Labute approximate surface area is 114 Å². The highest BCUT2D eigenvalue weighted by molar-refractivity contribution is 5.77. The monoisotopic (exact) mass is 269 g/mol. The zero-order valence-corrected chi connectivity index (χ0v) is 11.5. The first kappa shape index (κ1) is 13.3. The molecule has 1 saturated carbocycles. The minimum Gasteiger partial charge on any atom is -0.465 e. The second-order valence-electron chi connectivity index (χ2n) is 5.90. The third-order valence-electron chi connectivity index (χ3n) is 4.47. The molecule has 4 atom stereocenters. The highest BCUT2D eigenvalue weighted by atomic mass is 16.7. The third kappa shape index (κ3) is 2.78. The van der Waals surface area contributed by atoms with E-state index < -0.39 is 0 Å². The molecule has 2 aliphatic heterocycles. The molecule has 0 aromatic rings. The first-order valence-corrected chi connectivity index (χ1v) is 7.39. The molecule has 1 aliphatic carbocycles. The van der Waals surface area contributed by atoms with Crippen molar-refractivity contribution in [3.05, 3.63) is 0 Å². The van der Waals surface area contributed by atoms with Crippen LogP contribution in [0.5, 0.6) is 0 Å². The van der Waals surface area contributed by atoms with Crippen LogP contribution >= 0.6 is 0 Å². The number of hydrogen-bond donors (Lipinski definition) is 1. The number of carbonyl (C=O) groups excluding carboxylic acids is 1. The van der Waals surface area contributed by atoms with Gasteiger partial charge in [-0.2, -0.15) is 0 Å². The number of fused-ring (bicyclic) bond motifs is 1. The van der Waals surface area contributed by atoms with E-state index in [1.165, 1.54) is 6.42 Å². The van der Waals surface area contributed by atoms with E-state index in [2.05, 4.69) is 5.32 Å². The van der Waals surface area contributed by atoms with Gasteiger partial charge in [-0.1, -0.05) is 0 Å². The van der Waals surface area contributed by atoms with Gasteiger partial charge in [0.2, 0.25) is 0 Å². The molecular weight excluding hydrogens is 246 g/mol. The molecular formula is C14H23NO4. The molecule has 5 nitrogen and oxygen atoms in total. The van der Waals surface area contributed by atoms with Crippen molar-refractivity contribution in [2.24, 2.45) is 5.41 Å². The molecule has 3 aliphatic rings. The highest BCUT2D eigenvalue weighted by Gasteiger charge is 2.62. The molecule has 0 aromatic carbocycles. The minimum absolute atomic E-state index is 0.0361. The molecule has 0 aromatic heterocycles. The van der Waals surface area contributed by atoms with Crippen molar-refractivity contribution in [2.45, 2.75) is 57.4 Å². The first-order chi connectivity index (χ1) is 9.23. The lowest BCUT2D eigenvalue weighted by Gasteiger charge is -2.24. The normalized spacial score (nSPS) is 40.8. The second-order valence-corrected chi connectivity index (χ2v) is 5.90. The maximum atomic E-state index is 11.7. The summed E-state index contributed by atoms with van der Waals surface area (Å²) in [6.45, 7) is 3.80. The standard InChI is InChI=1S/C14H23NO4/c1-2-17-13(16)10-7-14(8-11(14)15-10)9-19-12-5-3-4-6-18-12/h10-12,15H,2-9H2,1H3/t10-,11+,12?,14?/m0/s1. The van der Waals surface area contributed by atoms with E-state index in [0.717, 1.165) is 32.3 Å². The van der Waals surface area contributed by atoms with E-state index in [0.29, 0.717) is 19.3 Å². The van der Waals surface area contributed by atoms with Crippen molar-refractivity contribution >= 4 is 5.97 Å². The predicted molar refractivity (Wildman–Crippen MR) is 68.6 cm³/mol. The molecule has 2 saturated heterocycles. The Hall–Kier alpha value is -0.650. The summed E-state index contributed by atoms with van der Waals surface area (Å²) in [7, 11) is 0. The Bertz CT molecular complexity index is 342. The van der Waals surface area contributed by atoms with Crippen LogP contribution in [-0.4, -0.2) is 44.2 Å². The van der Waals surface area contributed by atoms with Crippen LogP contribution in [0.25, 0.3) is 0 Å². The summed E-state index contributed by atoms with van der Waals surface area (Å²) in [5, 5.41) is 3.35. The van der Waals surface area contributed by atoms with Gasteiger partial charge in [0.15, 0.2) is 6.29 Å². The third-order valence-corrected chi connectivity index (χ3v) is 4.47. The van der Waals surface area contributed by atoms with Gasteiger partial charge in [0.05, 0.1) is 13.2 Å². The van der Waals surface area contributed by atoms with Crippen molar-refractivity contribution < 1.29 is 19.0 Å². The summed E-state index contributed by atoms with van der Waals surface area (Å²) in [4.78, 5) is 11.7. The van der Waals surface area contributed by atoms with E-state index in [-0.39, 0.29) is 23.7 Å². The van der Waals surface area contributed by atoms with Crippen LogP contribution in [0.4, 0.5) is 0 Å². The van der Waals surface area contributed by atoms with Gasteiger partial charge in [-0.05, 0) is 39.0 Å². The lowest BCUT2D eigenvalue weighted by atomic mass is 10.0. The topological polar surface area (TPSA) is 56.8 Å². The molecule has 0 spiro atoms. The maximum Gasteiger partial charge on any atom is 0.323 e. The van der Waals surface area contributed by atoms with Crippen molar-refractivity contribution in [1.82, 2.24) is 5.32 Å². The van der Waals surface area contributed by atoms with Crippen molar-refractivity contribution in [1.29, 1.82) is 0 Å². The molecule has 5 heteroatoms. The summed E-state index contributed by atoms with van der Waals surface area (Å²) in [5.41, 5.74) is 0.151. The number of ether oxygens (including phenoxy) is 3. The van der Waals surface area contributed by atoms with Crippen LogP contribution in [0.15, 0.2) is 0 Å². The Balaban J connectivity index is 1.46. The summed E-state index contributed by atoms with van der Waals surface area (Å²) < 4.78 is 16.5. The fourth-order valence-electron chi connectivity index (χ4n) is 3.23. The molecule has 19 heavy (non-hydrogen) atoms. The summed E-state index contributed by atoms with van der Waals surface area (Å²) in [6, 6.07) is 0.278. The average molecular weight is 269 g/mol. The van der Waals surface area contributed by atoms with Gasteiger partial charge in [0.1, 0.15) is 6.04 Å². The molecule has 108 valence electrons. The molecule has 2 heterocycles. The number of nitrogens with one attached hydrogen (secondary N) is 1. The van der Waals surface area contributed by atoms with Gasteiger partial charge in [-0.3, -0.25) is 4.79 Å². The van der Waals surface area contributed by atoms with Crippen molar-refractivity contribution in [3.8, 4) is 0 Å². The Kier molecular flexibility index (Phi) is 3.78. The van der Waals surface area contributed by atoms with Crippen LogP contribution < -0.4 is 5.32 Å². The smallest absolute Gasteiger partial charge is 0.323 e. The maximum absolute atomic E-state index is 11.7. The first-order valence-electron chi connectivity index (χ1n) is 7.39. The van der Waals surface area contributed by atoms with Gasteiger partial charge in [-0.25, -0.2) is 0 Å². The van der Waals surface area contributed by atoms with Crippen LogP contribution in [-0.2, 0) is 19.0 Å². The zero-order chi connectivity index (χ0) is 13.3. The Morgan fingerprint density at radius 2 is 2.32 bits per heavy atom. The molecule has 1 N–H and O–H groups in total. The lowest BCUT2D eigenvalue weighted by molar-refractivity contribution is -0.171. The van der Waals surface area contributed by atoms with Crippen molar-refractivity contribution in [2.75, 3.05) is 19.8 Å². The lowest BCUT2D eigenvalue weighted by Crippen LogP contribution is -2.35. The number of esters is 1. The fourth-order valence-corrected chi connectivity index (χ4v) is 3.23. The molecule has 3 fully saturated rings. The Morgan fingerprint density at radius 1 is 1.42 bits per heavy atom.